The average Bonchev–Trinajstić information content (AvgIpc) is 3.69. The van der Waals surface area contributed by atoms with Gasteiger partial charge in [-0.2, -0.15) is 5.26 Å². The molecule has 2 amide bonds. The number of hydrogen-bond acceptors (Lipinski definition) is 12. The van der Waals surface area contributed by atoms with Gasteiger partial charge in [0.2, 0.25) is 5.60 Å². The number of ether oxygens (including phenoxy) is 5. The second kappa shape index (κ2) is 19.3. The fourth-order valence-electron chi connectivity index (χ4n) is 6.23. The molecule has 1 saturated carbocycles. The molecular weight excluding hydrogens is 700 g/mol. The molecule has 5 N–H and O–H groups in total. The molecular formula is C38H58N6O10. The summed E-state index contributed by atoms with van der Waals surface area (Å²) in [6.45, 7) is 13.5. The Morgan fingerprint density at radius 3 is 2.44 bits per heavy atom. The minimum absolute atomic E-state index is 0.00209. The van der Waals surface area contributed by atoms with E-state index in [9.17, 15) is 29.5 Å². The summed E-state index contributed by atoms with van der Waals surface area (Å²) in [5, 5.41) is 35.2. The number of amidine groups is 1. The topological polar surface area (TPSA) is 235 Å². The van der Waals surface area contributed by atoms with E-state index in [2.05, 4.69) is 20.6 Å². The van der Waals surface area contributed by atoms with Gasteiger partial charge < -0.3 is 44.4 Å². The van der Waals surface area contributed by atoms with Crippen LogP contribution in [-0.2, 0) is 43.7 Å². The minimum atomic E-state index is -2.20. The summed E-state index contributed by atoms with van der Waals surface area (Å²) >= 11 is 0. The summed E-state index contributed by atoms with van der Waals surface area (Å²) in [7, 11) is 0. The van der Waals surface area contributed by atoms with Crippen molar-refractivity contribution >= 4 is 36.1 Å². The fourth-order valence-corrected chi connectivity index (χ4v) is 6.23. The van der Waals surface area contributed by atoms with E-state index in [1.54, 1.807) is 48.5 Å². The quantitative estimate of drug-likeness (QED) is 0.0516. The number of amides is 2. The summed E-state index contributed by atoms with van der Waals surface area (Å²) in [4.78, 5) is 59.3. The molecule has 2 fully saturated rings. The zero-order chi connectivity index (χ0) is 40.3. The van der Waals surface area contributed by atoms with Crippen LogP contribution in [-0.4, -0.2) is 95.0 Å². The van der Waals surface area contributed by atoms with Gasteiger partial charge in [-0.3, -0.25) is 15.0 Å². The molecule has 2 aliphatic rings. The Morgan fingerprint density at radius 1 is 1.17 bits per heavy atom. The van der Waals surface area contributed by atoms with Gasteiger partial charge in [0.15, 0.2) is 11.9 Å². The third-order valence-electron chi connectivity index (χ3n) is 9.31. The lowest BCUT2D eigenvalue weighted by molar-refractivity contribution is -0.163. The number of rotatable bonds is 16. The number of aliphatic hydroxyl groups is 1. The average molecular weight is 759 g/mol. The molecule has 300 valence electrons. The van der Waals surface area contributed by atoms with Gasteiger partial charge in [-0.25, -0.2) is 14.6 Å². The molecule has 0 spiro atoms. The predicted molar refractivity (Wildman–Crippen MR) is 197 cm³/mol. The van der Waals surface area contributed by atoms with Crippen molar-refractivity contribution in [1.29, 1.82) is 10.7 Å². The Balaban J connectivity index is 1.92. The van der Waals surface area contributed by atoms with Crippen LogP contribution in [0.4, 0.5) is 4.79 Å². The standard InChI is InChI=1S/C38H58N6O10/c1-9-10-18-51-37(7,8)34(48)44-32(41-22-40)25-16-17-27(42-25)38(21-39)31(46)30(26(53-38)20-50-28(45)19-24-14-12-11-13-15-24)52-33(47)29(23(2)3)43-35(49)54-36(4,5)6/h16-17,22-24,26,29-31,42,46H,9-15,18-20H2,1-8H3,(H,43,49)(H2,40,41,44,48)/t26-,29+,30-,31-,38+/m1/s1. The first kappa shape index (κ1) is 44.1. The SMILES string of the molecule is CCCCOC(C)(C)C(=O)N/C(=N/C=N)c1ccc([C@]2(C#N)O[C@H](COC(=O)CC3CCCCC3)[C@@H](OC(=O)[C@@H](NC(=O)OC(C)(C)C)C(C)C)[C@H]2O)[nH]1. The van der Waals surface area contributed by atoms with E-state index in [1.165, 1.54) is 12.1 Å². The molecule has 54 heavy (non-hydrogen) atoms. The van der Waals surface area contributed by atoms with E-state index in [0.29, 0.717) is 6.61 Å². The molecule has 1 aliphatic heterocycles. The number of nitriles is 1. The molecule has 1 saturated heterocycles. The van der Waals surface area contributed by atoms with Crippen molar-refractivity contribution in [2.45, 2.75) is 148 Å². The molecule has 1 aliphatic carbocycles. The fraction of sp³-hybridized carbons (Fsp3) is 0.711. The maximum absolute atomic E-state index is 13.7. The van der Waals surface area contributed by atoms with E-state index in [4.69, 9.17) is 29.1 Å². The lowest BCUT2D eigenvalue weighted by Gasteiger charge is -2.28. The number of carbonyl (C=O) groups excluding carboxylic acids is 4. The maximum atomic E-state index is 13.7. The van der Waals surface area contributed by atoms with Crippen LogP contribution < -0.4 is 10.6 Å². The molecule has 0 unspecified atom stereocenters. The molecule has 5 atom stereocenters. The first-order valence-electron chi connectivity index (χ1n) is 18.7. The first-order chi connectivity index (χ1) is 25.4. The molecule has 0 bridgehead atoms. The van der Waals surface area contributed by atoms with Crippen molar-refractivity contribution in [1.82, 2.24) is 15.6 Å². The molecule has 0 radical (unpaired) electrons. The molecule has 2 heterocycles. The highest BCUT2D eigenvalue weighted by molar-refractivity contribution is 6.10. The number of nitrogens with one attached hydrogen (secondary N) is 4. The normalized spacial score (nSPS) is 22.9. The number of aliphatic imine (C=N–C) groups is 1. The number of H-pyrrole nitrogens is 1. The van der Waals surface area contributed by atoms with E-state index in [1.807, 2.05) is 13.0 Å². The molecule has 16 nitrogen and oxygen atoms in total. The van der Waals surface area contributed by atoms with Crippen LogP contribution in [0.15, 0.2) is 17.1 Å². The number of carbonyl (C=O) groups is 4. The highest BCUT2D eigenvalue weighted by Crippen LogP contribution is 2.41. The lowest BCUT2D eigenvalue weighted by atomic mass is 9.87. The Morgan fingerprint density at radius 2 is 1.85 bits per heavy atom. The molecule has 1 aromatic heterocycles. The van der Waals surface area contributed by atoms with E-state index < -0.39 is 77.6 Å². The smallest absolute Gasteiger partial charge is 0.408 e. The molecule has 0 aromatic carbocycles. The van der Waals surface area contributed by atoms with Crippen LogP contribution in [0, 0.1) is 28.6 Å². The Hall–Kier alpha value is -4.33. The van der Waals surface area contributed by atoms with Crippen molar-refractivity contribution in [3.05, 3.63) is 23.5 Å². The molecule has 1 aromatic rings. The maximum Gasteiger partial charge on any atom is 0.408 e. The first-order valence-corrected chi connectivity index (χ1v) is 18.7. The Bertz CT molecular complexity index is 1540. The summed E-state index contributed by atoms with van der Waals surface area (Å²) in [5.41, 5.74) is -4.12. The Kier molecular flexibility index (Phi) is 15.8. The van der Waals surface area contributed by atoms with Gasteiger partial charge >= 0.3 is 18.0 Å². The number of aliphatic hydroxyl groups excluding tert-OH is 1. The van der Waals surface area contributed by atoms with Crippen LogP contribution in [0.3, 0.4) is 0 Å². The number of aromatic amines is 1. The van der Waals surface area contributed by atoms with Gasteiger partial charge in [0, 0.05) is 13.0 Å². The molecule has 16 heteroatoms. The minimum Gasteiger partial charge on any atom is -0.463 e. The number of unbranched alkanes of at least 4 members (excludes halogenated alkanes) is 1. The van der Waals surface area contributed by atoms with Crippen molar-refractivity contribution in [2.75, 3.05) is 13.2 Å². The van der Waals surface area contributed by atoms with Crippen molar-refractivity contribution < 1.29 is 48.0 Å². The van der Waals surface area contributed by atoms with E-state index in [0.717, 1.165) is 51.3 Å². The van der Waals surface area contributed by atoms with Gasteiger partial charge in [0.25, 0.3) is 5.91 Å². The predicted octanol–water partition coefficient (Wildman–Crippen LogP) is 4.53. The summed E-state index contributed by atoms with van der Waals surface area (Å²) in [5.74, 6) is -2.33. The zero-order valence-corrected chi connectivity index (χ0v) is 32.8. The number of nitrogens with zero attached hydrogens (tertiary/aromatic N) is 2. The summed E-state index contributed by atoms with van der Waals surface area (Å²) < 4.78 is 28.7. The van der Waals surface area contributed by atoms with Gasteiger partial charge in [-0.15, -0.1) is 0 Å². The van der Waals surface area contributed by atoms with Crippen molar-refractivity contribution in [3.63, 3.8) is 0 Å². The monoisotopic (exact) mass is 758 g/mol. The lowest BCUT2D eigenvalue weighted by Crippen LogP contribution is -2.50. The number of aromatic nitrogens is 1. The molecule has 3 rings (SSSR count). The number of esters is 2. The largest absolute Gasteiger partial charge is 0.463 e. The van der Waals surface area contributed by atoms with Gasteiger partial charge in [-0.05, 0) is 77.8 Å². The highest BCUT2D eigenvalue weighted by Gasteiger charge is 2.59. The van der Waals surface area contributed by atoms with Gasteiger partial charge in [0.1, 0.15) is 48.5 Å². The number of alkyl carbamates (subject to hydrolysis) is 1. The third kappa shape index (κ3) is 11.8. The van der Waals surface area contributed by atoms with Crippen LogP contribution in [0.5, 0.6) is 0 Å². The van der Waals surface area contributed by atoms with Crippen LogP contribution in [0.1, 0.15) is 118 Å². The summed E-state index contributed by atoms with van der Waals surface area (Å²) in [6, 6.07) is 3.68. The van der Waals surface area contributed by atoms with Crippen molar-refractivity contribution in [2.24, 2.45) is 16.8 Å². The van der Waals surface area contributed by atoms with Crippen molar-refractivity contribution in [3.8, 4) is 6.07 Å². The van der Waals surface area contributed by atoms with Gasteiger partial charge in [0.05, 0.1) is 11.4 Å². The van der Waals surface area contributed by atoms with E-state index >= 15 is 0 Å². The second-order valence-electron chi connectivity index (χ2n) is 15.7. The van der Waals surface area contributed by atoms with Crippen LogP contribution >= 0.6 is 0 Å². The second-order valence-corrected chi connectivity index (χ2v) is 15.7. The zero-order valence-electron chi connectivity index (χ0n) is 32.8. The Labute approximate surface area is 317 Å². The van der Waals surface area contributed by atoms with E-state index in [-0.39, 0.29) is 29.6 Å². The third-order valence-corrected chi connectivity index (χ3v) is 9.31. The highest BCUT2D eigenvalue weighted by atomic mass is 16.6. The van der Waals surface area contributed by atoms with Crippen LogP contribution in [0.25, 0.3) is 0 Å². The summed E-state index contributed by atoms with van der Waals surface area (Å²) in [6.07, 6.45) is 2.03. The van der Waals surface area contributed by atoms with Gasteiger partial charge in [-0.1, -0.05) is 46.5 Å². The van der Waals surface area contributed by atoms with Crippen LogP contribution in [0.2, 0.25) is 0 Å². The number of hydrogen-bond donors (Lipinski definition) is 5.